The largest absolute Gasteiger partial charge is 0.480 e. The fourth-order valence-corrected chi connectivity index (χ4v) is 2.26. The van der Waals surface area contributed by atoms with Crippen molar-refractivity contribution >= 4 is 33.5 Å². The maximum Gasteiger partial charge on any atom is 0.349 e. The molecule has 0 saturated carbocycles. The Labute approximate surface area is 135 Å². The number of nitrogens with zero attached hydrogens (tertiary/aromatic N) is 1. The Kier molecular flexibility index (Phi) is 5.20. The van der Waals surface area contributed by atoms with Crippen LogP contribution in [-0.2, 0) is 4.79 Å². The summed E-state index contributed by atoms with van der Waals surface area (Å²) in [5.74, 6) is -0.0300. The predicted molar refractivity (Wildman–Crippen MR) is 81.4 cm³/mol. The summed E-state index contributed by atoms with van der Waals surface area (Å²) in [4.78, 5) is 11.7. The second-order valence-electron chi connectivity index (χ2n) is 3.95. The highest BCUT2D eigenvalue weighted by molar-refractivity contribution is 9.10. The molecular weight excluding hydrogens is 358 g/mol. The topological polar surface area (TPSA) is 59.3 Å². The molecule has 106 valence electrons. The molecule has 0 heterocycles. The molecule has 0 radical (unpaired) electrons. The van der Waals surface area contributed by atoms with Crippen LogP contribution in [0.15, 0.2) is 46.9 Å². The molecule has 2 rings (SSSR count). The molecule has 0 aliphatic rings. The quantitative estimate of drug-likeness (QED) is 0.607. The lowest BCUT2D eigenvalue weighted by Crippen LogP contribution is -2.18. The Morgan fingerprint density at radius 2 is 2.00 bits per heavy atom. The predicted octanol–water partition coefficient (Wildman–Crippen LogP) is 3.96. The van der Waals surface area contributed by atoms with Gasteiger partial charge >= 0.3 is 5.97 Å². The van der Waals surface area contributed by atoms with Gasteiger partial charge in [-0.15, -0.1) is 0 Å². The monoisotopic (exact) mass is 365 g/mol. The minimum absolute atomic E-state index is 0.204. The first-order valence-corrected chi connectivity index (χ1v) is 7.05. The number of halogens is 2. The van der Waals surface area contributed by atoms with Crippen LogP contribution < -0.4 is 9.47 Å². The van der Waals surface area contributed by atoms with Gasteiger partial charge in [-0.2, -0.15) is 5.26 Å². The fourth-order valence-electron chi connectivity index (χ4n) is 1.53. The number of esters is 1. The number of para-hydroxylation sites is 1. The highest BCUT2D eigenvalue weighted by Crippen LogP contribution is 2.27. The van der Waals surface area contributed by atoms with Gasteiger partial charge < -0.3 is 9.47 Å². The van der Waals surface area contributed by atoms with Crippen molar-refractivity contribution in [1.29, 1.82) is 5.26 Å². The molecule has 0 aromatic heterocycles. The summed E-state index contributed by atoms with van der Waals surface area (Å²) in [5.41, 5.74) is 0.285. The summed E-state index contributed by atoms with van der Waals surface area (Å²) in [5, 5.41) is 9.29. The number of benzene rings is 2. The molecule has 0 atom stereocenters. The second-order valence-corrected chi connectivity index (χ2v) is 5.27. The van der Waals surface area contributed by atoms with Crippen molar-refractivity contribution < 1.29 is 14.3 Å². The van der Waals surface area contributed by atoms with Gasteiger partial charge in [0, 0.05) is 4.47 Å². The summed E-state index contributed by atoms with van der Waals surface area (Å²) in [6.07, 6.45) is 0. The van der Waals surface area contributed by atoms with Gasteiger partial charge in [0.15, 0.2) is 6.61 Å². The van der Waals surface area contributed by atoms with Crippen molar-refractivity contribution in [1.82, 2.24) is 0 Å². The van der Waals surface area contributed by atoms with E-state index in [0.717, 1.165) is 4.47 Å². The van der Waals surface area contributed by atoms with Crippen LogP contribution >= 0.6 is 27.5 Å². The van der Waals surface area contributed by atoms with Gasteiger partial charge in [-0.3, -0.25) is 0 Å². The molecule has 21 heavy (non-hydrogen) atoms. The summed E-state index contributed by atoms with van der Waals surface area (Å²) in [6, 6.07) is 13.5. The molecule has 2 aromatic carbocycles. The number of carbonyl (C=O) groups is 1. The number of hydrogen-bond acceptors (Lipinski definition) is 4. The molecule has 6 heteroatoms. The minimum atomic E-state index is -0.614. The number of nitriles is 1. The lowest BCUT2D eigenvalue weighted by molar-refractivity contribution is -0.136. The molecule has 0 spiro atoms. The van der Waals surface area contributed by atoms with Crippen LogP contribution in [0.5, 0.6) is 11.5 Å². The molecule has 0 fully saturated rings. The molecule has 4 nitrogen and oxygen atoms in total. The molecular formula is C15H9BrClNO3. The Balaban J connectivity index is 1.98. The summed E-state index contributed by atoms with van der Waals surface area (Å²) in [6.45, 7) is -0.304. The minimum Gasteiger partial charge on any atom is -0.480 e. The van der Waals surface area contributed by atoms with E-state index in [1.165, 1.54) is 0 Å². The zero-order valence-corrected chi connectivity index (χ0v) is 13.0. The third-order valence-corrected chi connectivity index (χ3v) is 3.26. The summed E-state index contributed by atoms with van der Waals surface area (Å²) < 4.78 is 11.2. The van der Waals surface area contributed by atoms with E-state index in [2.05, 4.69) is 15.9 Å². The highest BCUT2D eigenvalue weighted by Gasteiger charge is 2.11. The van der Waals surface area contributed by atoms with E-state index < -0.39 is 5.97 Å². The van der Waals surface area contributed by atoms with Crippen LogP contribution in [-0.4, -0.2) is 12.6 Å². The van der Waals surface area contributed by atoms with Gasteiger partial charge in [-0.05, 0) is 30.3 Å². The van der Waals surface area contributed by atoms with Gasteiger partial charge in [0.25, 0.3) is 0 Å². The zero-order valence-electron chi connectivity index (χ0n) is 10.7. The summed E-state index contributed by atoms with van der Waals surface area (Å²) >= 11 is 9.24. The van der Waals surface area contributed by atoms with Crippen LogP contribution in [0, 0.1) is 11.3 Å². The van der Waals surface area contributed by atoms with E-state index in [-0.39, 0.29) is 17.9 Å². The Hall–Kier alpha value is -2.03. The third kappa shape index (κ3) is 4.22. The van der Waals surface area contributed by atoms with Gasteiger partial charge in [-0.1, -0.05) is 39.7 Å². The first kappa shape index (κ1) is 15.4. The summed E-state index contributed by atoms with van der Waals surface area (Å²) in [7, 11) is 0. The van der Waals surface area contributed by atoms with Gasteiger partial charge in [0.1, 0.15) is 17.6 Å². The molecule has 0 N–H and O–H groups in total. The van der Waals surface area contributed by atoms with Gasteiger partial charge in [-0.25, -0.2) is 4.79 Å². The number of carbonyl (C=O) groups excluding carboxylic acids is 1. The molecule has 0 amide bonds. The van der Waals surface area contributed by atoms with Crippen molar-refractivity contribution in [3.8, 4) is 17.6 Å². The van der Waals surface area contributed by atoms with Crippen molar-refractivity contribution in [2.24, 2.45) is 0 Å². The number of ether oxygens (including phenoxy) is 2. The van der Waals surface area contributed by atoms with Crippen LogP contribution in [0.25, 0.3) is 0 Å². The lowest BCUT2D eigenvalue weighted by atomic mass is 10.2. The lowest BCUT2D eigenvalue weighted by Gasteiger charge is -2.09. The molecule has 0 aliphatic carbocycles. The first-order chi connectivity index (χ1) is 10.1. The van der Waals surface area contributed by atoms with E-state index >= 15 is 0 Å². The molecule has 0 saturated heterocycles. The van der Waals surface area contributed by atoms with E-state index in [1.807, 2.05) is 6.07 Å². The second kappa shape index (κ2) is 7.11. The van der Waals surface area contributed by atoms with E-state index in [1.54, 1.807) is 42.5 Å². The maximum absolute atomic E-state index is 11.7. The van der Waals surface area contributed by atoms with Crippen molar-refractivity contribution in [2.75, 3.05) is 6.61 Å². The van der Waals surface area contributed by atoms with Crippen LogP contribution in [0.3, 0.4) is 0 Å². The van der Waals surface area contributed by atoms with Crippen LogP contribution in [0.2, 0.25) is 5.02 Å². The Morgan fingerprint density at radius 3 is 2.71 bits per heavy atom. The van der Waals surface area contributed by atoms with E-state index in [0.29, 0.717) is 10.8 Å². The molecule has 0 aliphatic heterocycles. The Morgan fingerprint density at radius 1 is 1.24 bits per heavy atom. The fraction of sp³-hybridized carbons (Fsp3) is 0.0667. The number of hydrogen-bond donors (Lipinski definition) is 0. The average molecular weight is 367 g/mol. The average Bonchev–Trinajstić information content (AvgIpc) is 2.47. The zero-order chi connectivity index (χ0) is 15.2. The van der Waals surface area contributed by atoms with Gasteiger partial charge in [0.2, 0.25) is 0 Å². The third-order valence-electron chi connectivity index (χ3n) is 2.47. The standard InChI is InChI=1S/C15H9BrClNO3/c16-11-5-6-14(12(17)7-11)20-9-15(19)21-13-4-2-1-3-10(13)8-18/h1-7H,9H2. The molecule has 2 aromatic rings. The normalized spacial score (nSPS) is 9.76. The first-order valence-electron chi connectivity index (χ1n) is 5.88. The van der Waals surface area contributed by atoms with Crippen LogP contribution in [0.1, 0.15) is 5.56 Å². The van der Waals surface area contributed by atoms with E-state index in [9.17, 15) is 4.79 Å². The molecule has 0 unspecified atom stereocenters. The van der Waals surface area contributed by atoms with Crippen LogP contribution in [0.4, 0.5) is 0 Å². The van der Waals surface area contributed by atoms with Crippen molar-refractivity contribution in [3.05, 3.63) is 57.5 Å². The Bertz CT molecular complexity index is 712. The highest BCUT2D eigenvalue weighted by atomic mass is 79.9. The smallest absolute Gasteiger partial charge is 0.349 e. The maximum atomic E-state index is 11.7. The van der Waals surface area contributed by atoms with Crippen molar-refractivity contribution in [2.45, 2.75) is 0 Å². The molecule has 0 bridgehead atoms. The number of rotatable bonds is 4. The van der Waals surface area contributed by atoms with E-state index in [4.69, 9.17) is 26.3 Å². The van der Waals surface area contributed by atoms with Gasteiger partial charge in [0.05, 0.1) is 10.6 Å². The SMILES string of the molecule is N#Cc1ccccc1OC(=O)COc1ccc(Br)cc1Cl. The van der Waals surface area contributed by atoms with Crippen molar-refractivity contribution in [3.63, 3.8) is 0 Å².